The number of hydrogen-bond acceptors (Lipinski definition) is 4. The zero-order valence-electron chi connectivity index (χ0n) is 8.37. The molecular formula is C10H12O3S. The minimum atomic E-state index is -0.529. The number of aldehydes is 1. The second-order valence-electron chi connectivity index (χ2n) is 3.82. The molecule has 76 valence electrons. The molecule has 1 aromatic rings. The van der Waals surface area contributed by atoms with E-state index in [1.807, 2.05) is 0 Å². The van der Waals surface area contributed by atoms with Crippen LogP contribution in [0.15, 0.2) is 11.4 Å². The van der Waals surface area contributed by atoms with Crippen LogP contribution in [-0.2, 0) is 4.74 Å². The smallest absolute Gasteiger partial charge is 0.340 e. The van der Waals surface area contributed by atoms with E-state index in [9.17, 15) is 9.59 Å². The molecule has 0 unspecified atom stereocenters. The van der Waals surface area contributed by atoms with Crippen LogP contribution in [0, 0.1) is 0 Å². The average molecular weight is 212 g/mol. The van der Waals surface area contributed by atoms with Crippen LogP contribution >= 0.6 is 11.3 Å². The first kappa shape index (κ1) is 10.9. The number of rotatable bonds is 2. The van der Waals surface area contributed by atoms with E-state index in [1.54, 1.807) is 32.2 Å². The molecule has 0 N–H and O–H groups in total. The SMILES string of the molecule is CC(C)(C)OC(=O)c1ccsc1C=O. The molecule has 0 aromatic carbocycles. The minimum Gasteiger partial charge on any atom is -0.456 e. The molecule has 0 aliphatic rings. The molecule has 0 amide bonds. The van der Waals surface area contributed by atoms with E-state index in [4.69, 9.17) is 4.74 Å². The minimum absolute atomic E-state index is 0.347. The van der Waals surface area contributed by atoms with Gasteiger partial charge in [0.1, 0.15) is 5.60 Å². The molecule has 0 saturated carbocycles. The fraction of sp³-hybridized carbons (Fsp3) is 0.400. The van der Waals surface area contributed by atoms with Crippen LogP contribution in [0.4, 0.5) is 0 Å². The van der Waals surface area contributed by atoms with Crippen molar-refractivity contribution in [1.29, 1.82) is 0 Å². The van der Waals surface area contributed by atoms with Gasteiger partial charge in [0.05, 0.1) is 10.4 Å². The van der Waals surface area contributed by atoms with Gasteiger partial charge in [-0.1, -0.05) is 0 Å². The predicted octanol–water partition coefficient (Wildman–Crippen LogP) is 2.52. The van der Waals surface area contributed by atoms with E-state index >= 15 is 0 Å². The summed E-state index contributed by atoms with van der Waals surface area (Å²) < 4.78 is 5.13. The van der Waals surface area contributed by atoms with Crippen molar-refractivity contribution < 1.29 is 14.3 Å². The summed E-state index contributed by atoms with van der Waals surface area (Å²) in [6.07, 6.45) is 0.671. The molecule has 0 atom stereocenters. The van der Waals surface area contributed by atoms with Crippen LogP contribution in [0.2, 0.25) is 0 Å². The van der Waals surface area contributed by atoms with Gasteiger partial charge in [-0.2, -0.15) is 0 Å². The molecule has 0 bridgehead atoms. The first-order chi connectivity index (χ1) is 6.44. The van der Waals surface area contributed by atoms with Crippen molar-refractivity contribution in [1.82, 2.24) is 0 Å². The van der Waals surface area contributed by atoms with Gasteiger partial charge in [0.15, 0.2) is 6.29 Å². The highest BCUT2D eigenvalue weighted by molar-refractivity contribution is 7.12. The fourth-order valence-electron chi connectivity index (χ4n) is 0.914. The maximum Gasteiger partial charge on any atom is 0.340 e. The third-order valence-corrected chi connectivity index (χ3v) is 2.26. The number of thiophene rings is 1. The topological polar surface area (TPSA) is 43.4 Å². The first-order valence-electron chi connectivity index (χ1n) is 4.20. The Morgan fingerprint density at radius 1 is 1.50 bits per heavy atom. The number of ether oxygens (including phenoxy) is 1. The lowest BCUT2D eigenvalue weighted by atomic mass is 10.2. The Morgan fingerprint density at radius 2 is 2.14 bits per heavy atom. The van der Waals surface area contributed by atoms with Crippen molar-refractivity contribution in [2.75, 3.05) is 0 Å². The second kappa shape index (κ2) is 3.92. The Balaban J connectivity index is 2.85. The Bertz CT molecular complexity index is 346. The molecule has 4 heteroatoms. The van der Waals surface area contributed by atoms with Gasteiger partial charge in [0.2, 0.25) is 0 Å². The van der Waals surface area contributed by atoms with Crippen molar-refractivity contribution in [2.24, 2.45) is 0 Å². The molecular weight excluding hydrogens is 200 g/mol. The fourth-order valence-corrected chi connectivity index (χ4v) is 1.60. The van der Waals surface area contributed by atoms with Gasteiger partial charge in [-0.3, -0.25) is 4.79 Å². The lowest BCUT2D eigenvalue weighted by Gasteiger charge is -2.19. The number of hydrogen-bond donors (Lipinski definition) is 0. The molecule has 0 fully saturated rings. The van der Waals surface area contributed by atoms with E-state index in [1.165, 1.54) is 11.3 Å². The summed E-state index contributed by atoms with van der Waals surface area (Å²) in [5.74, 6) is -0.444. The van der Waals surface area contributed by atoms with Crippen molar-refractivity contribution >= 4 is 23.6 Å². The van der Waals surface area contributed by atoms with E-state index in [-0.39, 0.29) is 0 Å². The maximum absolute atomic E-state index is 11.5. The highest BCUT2D eigenvalue weighted by Gasteiger charge is 2.20. The number of esters is 1. The number of carbonyl (C=O) groups is 2. The molecule has 1 aromatic heterocycles. The third kappa shape index (κ3) is 2.67. The molecule has 0 saturated heterocycles. The van der Waals surface area contributed by atoms with Crippen LogP contribution in [0.5, 0.6) is 0 Å². The van der Waals surface area contributed by atoms with Crippen LogP contribution in [0.3, 0.4) is 0 Å². The summed E-state index contributed by atoms with van der Waals surface area (Å²) in [6, 6.07) is 1.60. The molecule has 1 rings (SSSR count). The van der Waals surface area contributed by atoms with Crippen molar-refractivity contribution in [3.8, 4) is 0 Å². The Hall–Kier alpha value is -1.16. The third-order valence-electron chi connectivity index (χ3n) is 1.42. The molecule has 1 heterocycles. The van der Waals surface area contributed by atoms with Gasteiger partial charge in [-0.05, 0) is 32.2 Å². The average Bonchev–Trinajstić information content (AvgIpc) is 2.47. The summed E-state index contributed by atoms with van der Waals surface area (Å²) in [6.45, 7) is 5.37. The first-order valence-corrected chi connectivity index (χ1v) is 5.08. The van der Waals surface area contributed by atoms with Gasteiger partial charge in [-0.25, -0.2) is 4.79 Å². The van der Waals surface area contributed by atoms with E-state index in [0.717, 1.165) is 0 Å². The van der Waals surface area contributed by atoms with Gasteiger partial charge >= 0.3 is 5.97 Å². The Morgan fingerprint density at radius 3 is 2.64 bits per heavy atom. The summed E-state index contributed by atoms with van der Waals surface area (Å²) in [7, 11) is 0. The quantitative estimate of drug-likeness (QED) is 0.559. The standard InChI is InChI=1S/C10H12O3S/c1-10(2,3)13-9(12)7-4-5-14-8(7)6-11/h4-6H,1-3H3. The van der Waals surface area contributed by atoms with E-state index in [2.05, 4.69) is 0 Å². The van der Waals surface area contributed by atoms with E-state index < -0.39 is 11.6 Å². The van der Waals surface area contributed by atoms with Crippen LogP contribution in [-0.4, -0.2) is 17.9 Å². The lowest BCUT2D eigenvalue weighted by Crippen LogP contribution is -2.24. The molecule has 3 nitrogen and oxygen atoms in total. The largest absolute Gasteiger partial charge is 0.456 e. The highest BCUT2D eigenvalue weighted by Crippen LogP contribution is 2.18. The highest BCUT2D eigenvalue weighted by atomic mass is 32.1. The lowest BCUT2D eigenvalue weighted by molar-refractivity contribution is 0.00690. The Labute approximate surface area is 86.7 Å². The van der Waals surface area contributed by atoms with Gasteiger partial charge in [0.25, 0.3) is 0 Å². The zero-order valence-corrected chi connectivity index (χ0v) is 9.18. The summed E-state index contributed by atoms with van der Waals surface area (Å²) in [5.41, 5.74) is -0.181. The molecule has 0 radical (unpaired) electrons. The summed E-state index contributed by atoms with van der Waals surface area (Å²) in [4.78, 5) is 22.5. The Kier molecular flexibility index (Phi) is 3.06. The van der Waals surface area contributed by atoms with Crippen molar-refractivity contribution in [3.63, 3.8) is 0 Å². The van der Waals surface area contributed by atoms with Gasteiger partial charge < -0.3 is 4.74 Å². The normalized spacial score (nSPS) is 11.1. The van der Waals surface area contributed by atoms with Crippen molar-refractivity contribution in [2.45, 2.75) is 26.4 Å². The molecule has 0 aliphatic heterocycles. The zero-order chi connectivity index (χ0) is 10.8. The number of carbonyl (C=O) groups excluding carboxylic acids is 2. The maximum atomic E-state index is 11.5. The molecule has 0 spiro atoms. The van der Waals surface area contributed by atoms with Crippen LogP contribution < -0.4 is 0 Å². The predicted molar refractivity (Wildman–Crippen MR) is 54.9 cm³/mol. The van der Waals surface area contributed by atoms with Crippen LogP contribution in [0.25, 0.3) is 0 Å². The summed E-state index contributed by atoms with van der Waals surface area (Å²) in [5, 5.41) is 1.70. The van der Waals surface area contributed by atoms with E-state index in [0.29, 0.717) is 16.7 Å². The summed E-state index contributed by atoms with van der Waals surface area (Å²) >= 11 is 1.23. The monoisotopic (exact) mass is 212 g/mol. The van der Waals surface area contributed by atoms with Gasteiger partial charge in [-0.15, -0.1) is 11.3 Å². The second-order valence-corrected chi connectivity index (χ2v) is 4.77. The van der Waals surface area contributed by atoms with Crippen molar-refractivity contribution in [3.05, 3.63) is 21.9 Å². The van der Waals surface area contributed by atoms with Gasteiger partial charge in [0, 0.05) is 0 Å². The molecule has 14 heavy (non-hydrogen) atoms. The van der Waals surface area contributed by atoms with Crippen LogP contribution in [0.1, 0.15) is 40.8 Å². The molecule has 0 aliphatic carbocycles.